The summed E-state index contributed by atoms with van der Waals surface area (Å²) in [6, 6.07) is 0. The Morgan fingerprint density at radius 1 is 1.36 bits per heavy atom. The van der Waals surface area contributed by atoms with Crippen LogP contribution < -0.4 is 16.8 Å². The highest BCUT2D eigenvalue weighted by Crippen LogP contribution is 2.53. The summed E-state index contributed by atoms with van der Waals surface area (Å²) in [6.07, 6.45) is 0.484. The van der Waals surface area contributed by atoms with Crippen LogP contribution >= 0.6 is 18.2 Å². The Labute approximate surface area is 165 Å². The van der Waals surface area contributed by atoms with Gasteiger partial charge in [0.15, 0.2) is 11.6 Å². The number of hydrogen-bond donors (Lipinski definition) is 7. The molecule has 1 saturated heterocycles. The monoisotopic (exact) mass is 443 g/mol. The highest BCUT2D eigenvalue weighted by Gasteiger charge is 2.37. The van der Waals surface area contributed by atoms with E-state index in [1.54, 1.807) is 0 Å². The van der Waals surface area contributed by atoms with Gasteiger partial charge in [-0.25, -0.2) is 9.97 Å². The van der Waals surface area contributed by atoms with Gasteiger partial charge in [0.05, 0.1) is 12.2 Å². The minimum absolute atomic E-state index is 0.131. The van der Waals surface area contributed by atoms with Crippen LogP contribution in [0.25, 0.3) is 0 Å². The van der Waals surface area contributed by atoms with Crippen molar-refractivity contribution >= 4 is 35.5 Å². The zero-order valence-electron chi connectivity index (χ0n) is 16.1. The van der Waals surface area contributed by atoms with E-state index in [9.17, 15) is 13.7 Å². The van der Waals surface area contributed by atoms with Crippen LogP contribution in [-0.2, 0) is 14.0 Å². The third kappa shape index (κ3) is 7.68. The fraction of sp³-hybridized carbons (Fsp3) is 0.714. The fourth-order valence-electron chi connectivity index (χ4n) is 2.63. The summed E-state index contributed by atoms with van der Waals surface area (Å²) in [6.45, 7) is 4.00. The first-order valence-corrected chi connectivity index (χ1v) is 12.3. The molecule has 14 heteroatoms. The van der Waals surface area contributed by atoms with Crippen LogP contribution in [0.2, 0.25) is 0 Å². The number of anilines is 3. The summed E-state index contributed by atoms with van der Waals surface area (Å²) in [4.78, 5) is 25.6. The highest BCUT2D eigenvalue weighted by atomic mass is 32.3. The number of rotatable bonds is 8. The lowest BCUT2D eigenvalue weighted by Crippen LogP contribution is -2.26. The predicted octanol–water partition coefficient (Wildman–Crippen LogP) is 1.49. The van der Waals surface area contributed by atoms with Crippen molar-refractivity contribution in [2.45, 2.75) is 45.1 Å². The standard InChI is InChI=1S/C12H24N5O7PS.C2H6/c1-23-8-4-9(17-12-10(13)11(14)15-5-16-12)24-7(8)2-3-26(21,22)6-25(18,19)20;1-2/h5,7-9,21-22H,2-4,6,13H2,1H3,(H2,18,19,20)(H3,14,15,16,17);1-2H3/t7-,8+,9?;/m1./s1. The first-order chi connectivity index (χ1) is 13.0. The molecule has 0 aromatic carbocycles. The number of aromatic nitrogens is 2. The molecule has 0 saturated carbocycles. The van der Waals surface area contributed by atoms with Crippen molar-refractivity contribution < 1.29 is 32.9 Å². The maximum Gasteiger partial charge on any atom is 0.344 e. The molecule has 1 aliphatic heterocycles. The molecule has 0 amide bonds. The van der Waals surface area contributed by atoms with Crippen LogP contribution in [0.4, 0.5) is 17.3 Å². The maximum absolute atomic E-state index is 11.0. The van der Waals surface area contributed by atoms with Crippen LogP contribution in [0.1, 0.15) is 26.7 Å². The second kappa shape index (κ2) is 10.6. The van der Waals surface area contributed by atoms with Crippen molar-refractivity contribution in [2.75, 3.05) is 35.1 Å². The Balaban J connectivity index is 0.00000190. The van der Waals surface area contributed by atoms with E-state index >= 15 is 0 Å². The maximum atomic E-state index is 11.0. The molecule has 12 nitrogen and oxygen atoms in total. The smallest absolute Gasteiger partial charge is 0.344 e. The summed E-state index contributed by atoms with van der Waals surface area (Å²) in [7, 11) is -6.46. The van der Waals surface area contributed by atoms with Crippen molar-refractivity contribution in [3.05, 3.63) is 6.33 Å². The van der Waals surface area contributed by atoms with Gasteiger partial charge in [0, 0.05) is 19.3 Å². The van der Waals surface area contributed by atoms with Crippen molar-refractivity contribution in [1.29, 1.82) is 0 Å². The van der Waals surface area contributed by atoms with Crippen LogP contribution in [0, 0.1) is 0 Å². The Hall–Kier alpha value is -1.18. The van der Waals surface area contributed by atoms with Crippen molar-refractivity contribution in [2.24, 2.45) is 0 Å². The van der Waals surface area contributed by atoms with Gasteiger partial charge in [-0.05, 0) is 6.42 Å². The molecule has 2 rings (SSSR count). The summed E-state index contributed by atoms with van der Waals surface area (Å²) in [5.74, 6) is 0.230. The Bertz CT molecular complexity index is 677. The van der Waals surface area contributed by atoms with E-state index in [4.69, 9.17) is 30.7 Å². The van der Waals surface area contributed by atoms with E-state index in [1.807, 2.05) is 13.8 Å². The first-order valence-electron chi connectivity index (χ1n) is 8.59. The highest BCUT2D eigenvalue weighted by molar-refractivity contribution is 8.27. The summed E-state index contributed by atoms with van der Waals surface area (Å²) >= 11 is 0. The van der Waals surface area contributed by atoms with E-state index in [0.29, 0.717) is 12.2 Å². The molecule has 1 unspecified atom stereocenters. The van der Waals surface area contributed by atoms with Gasteiger partial charge in [-0.15, -0.1) is 0 Å². The molecule has 0 aliphatic carbocycles. The van der Waals surface area contributed by atoms with Crippen molar-refractivity contribution in [3.8, 4) is 0 Å². The molecule has 1 fully saturated rings. The molecule has 1 aromatic rings. The summed E-state index contributed by atoms with van der Waals surface area (Å²) < 4.78 is 41.8. The largest absolute Gasteiger partial charge is 0.393 e. The normalized spacial score (nSPS) is 23.0. The van der Waals surface area contributed by atoms with Gasteiger partial charge in [-0.2, -0.15) is 10.6 Å². The van der Waals surface area contributed by atoms with Gasteiger partial charge in [0.25, 0.3) is 0 Å². The predicted molar refractivity (Wildman–Crippen MR) is 109 cm³/mol. The average Bonchev–Trinajstić information content (AvgIpc) is 2.99. The van der Waals surface area contributed by atoms with E-state index in [-0.39, 0.29) is 29.8 Å². The molecule has 0 spiro atoms. The molecule has 3 atom stereocenters. The zero-order chi connectivity index (χ0) is 21.5. The summed E-state index contributed by atoms with van der Waals surface area (Å²) in [5.41, 5.74) is 10.6. The molecule has 28 heavy (non-hydrogen) atoms. The molecular weight excluding hydrogens is 413 g/mol. The van der Waals surface area contributed by atoms with E-state index < -0.39 is 36.0 Å². The number of nitrogens with one attached hydrogen (secondary N) is 1. The van der Waals surface area contributed by atoms with Crippen LogP contribution in [0.15, 0.2) is 6.33 Å². The second-order valence-corrected chi connectivity index (χ2v) is 10.3. The van der Waals surface area contributed by atoms with Gasteiger partial charge in [0.2, 0.25) is 0 Å². The van der Waals surface area contributed by atoms with E-state index in [2.05, 4.69) is 15.3 Å². The zero-order valence-corrected chi connectivity index (χ0v) is 17.8. The molecule has 0 bridgehead atoms. The molecule has 0 radical (unpaired) electrons. The van der Waals surface area contributed by atoms with Gasteiger partial charge in [0.1, 0.15) is 23.7 Å². The van der Waals surface area contributed by atoms with Crippen LogP contribution in [-0.4, -0.2) is 65.7 Å². The lowest BCUT2D eigenvalue weighted by molar-refractivity contribution is -0.000462. The topological polar surface area (TPSA) is 206 Å². The number of hydrogen-bond acceptors (Lipinski definition) is 10. The average molecular weight is 443 g/mol. The Morgan fingerprint density at radius 3 is 2.57 bits per heavy atom. The lowest BCUT2D eigenvalue weighted by Gasteiger charge is -2.33. The van der Waals surface area contributed by atoms with E-state index in [1.165, 1.54) is 13.4 Å². The number of nitrogens with zero attached hydrogens (tertiary/aromatic N) is 2. The minimum atomic E-state index is -4.53. The molecule has 1 aromatic heterocycles. The number of ether oxygens (including phenoxy) is 2. The van der Waals surface area contributed by atoms with Gasteiger partial charge in [-0.1, -0.05) is 13.8 Å². The van der Waals surface area contributed by atoms with Crippen LogP contribution in [0.3, 0.4) is 0 Å². The minimum Gasteiger partial charge on any atom is -0.393 e. The Kier molecular flexibility index (Phi) is 9.37. The van der Waals surface area contributed by atoms with Crippen molar-refractivity contribution in [1.82, 2.24) is 9.97 Å². The van der Waals surface area contributed by atoms with Gasteiger partial charge < -0.3 is 36.0 Å². The molecule has 9 N–H and O–H groups in total. The summed E-state index contributed by atoms with van der Waals surface area (Å²) in [5, 5.41) is 2.98. The quantitative estimate of drug-likeness (QED) is 0.285. The van der Waals surface area contributed by atoms with Gasteiger partial charge in [-0.3, -0.25) is 13.7 Å². The van der Waals surface area contributed by atoms with Crippen LogP contribution in [0.5, 0.6) is 0 Å². The second-order valence-electron chi connectivity index (χ2n) is 5.93. The lowest BCUT2D eigenvalue weighted by atomic mass is 10.1. The Morgan fingerprint density at radius 2 is 2.00 bits per heavy atom. The fourth-order valence-corrected chi connectivity index (χ4v) is 5.91. The third-order valence-corrected chi connectivity index (χ3v) is 7.71. The molecular formula is C14H30N5O7PS. The number of nitrogen functional groups attached to an aromatic ring is 2. The molecule has 164 valence electrons. The van der Waals surface area contributed by atoms with E-state index in [0.717, 1.165) is 0 Å². The molecule has 1 aliphatic rings. The van der Waals surface area contributed by atoms with Crippen molar-refractivity contribution in [3.63, 3.8) is 0 Å². The number of nitrogens with two attached hydrogens (primary N) is 2. The third-order valence-electron chi connectivity index (χ3n) is 3.82. The SMILES string of the molecule is CC.CO[C@H]1CC(Nc2ncnc(N)c2N)O[C@@H]1CCS(O)(O)CP(=O)(O)O. The number of methoxy groups -OCH3 is 1. The first kappa shape index (κ1) is 24.9. The molecule has 2 heterocycles. The van der Waals surface area contributed by atoms with Gasteiger partial charge >= 0.3 is 7.60 Å².